The second-order valence-electron chi connectivity index (χ2n) is 5.66. The van der Waals surface area contributed by atoms with Crippen LogP contribution in [-0.2, 0) is 11.2 Å². The van der Waals surface area contributed by atoms with Crippen LogP contribution in [0.5, 0.6) is 11.5 Å². The summed E-state index contributed by atoms with van der Waals surface area (Å²) in [4.78, 5) is 12.2. The smallest absolute Gasteiger partial charge is 0.221 e. The standard InChI is InChI=1S/C21H19IN2O3/c1-3-12-27-19-10-4-15(13-20(19)26-2)5-11-21(25)24-18(14-23)16-6-8-17(22)9-7-16/h1,4,6-10,13,18H,5,11-12H2,2H3,(H,24,25). The van der Waals surface area contributed by atoms with Gasteiger partial charge < -0.3 is 14.8 Å². The number of carbonyl (C=O) groups is 1. The van der Waals surface area contributed by atoms with Crippen LogP contribution in [0.1, 0.15) is 23.6 Å². The Labute approximate surface area is 172 Å². The molecule has 0 aromatic heterocycles. The Kier molecular flexibility index (Phi) is 7.97. The molecule has 0 fully saturated rings. The van der Waals surface area contributed by atoms with Crippen molar-refractivity contribution in [2.75, 3.05) is 13.7 Å². The summed E-state index contributed by atoms with van der Waals surface area (Å²) in [6.07, 6.45) is 5.97. The fraction of sp³-hybridized carbons (Fsp3) is 0.238. The van der Waals surface area contributed by atoms with Crippen LogP contribution in [0.4, 0.5) is 0 Å². The average Bonchev–Trinajstić information content (AvgIpc) is 2.69. The Hall–Kier alpha value is -2.71. The van der Waals surface area contributed by atoms with Crippen molar-refractivity contribution in [3.8, 4) is 29.9 Å². The number of methoxy groups -OCH3 is 1. The van der Waals surface area contributed by atoms with Crippen LogP contribution >= 0.6 is 22.6 Å². The number of ether oxygens (including phenoxy) is 2. The normalized spacial score (nSPS) is 11.0. The Morgan fingerprint density at radius 3 is 2.63 bits per heavy atom. The molecule has 2 rings (SSSR count). The number of aryl methyl sites for hydroxylation is 1. The van der Waals surface area contributed by atoms with Crippen LogP contribution in [0.2, 0.25) is 0 Å². The van der Waals surface area contributed by atoms with E-state index in [0.29, 0.717) is 17.9 Å². The number of terminal acetylenes is 1. The molecule has 0 saturated carbocycles. The van der Waals surface area contributed by atoms with Crippen molar-refractivity contribution >= 4 is 28.5 Å². The highest BCUT2D eigenvalue weighted by Crippen LogP contribution is 2.28. The predicted molar refractivity (Wildman–Crippen MR) is 111 cm³/mol. The van der Waals surface area contributed by atoms with Crippen molar-refractivity contribution in [2.45, 2.75) is 18.9 Å². The number of rotatable bonds is 8. The van der Waals surface area contributed by atoms with E-state index in [1.807, 2.05) is 36.4 Å². The van der Waals surface area contributed by atoms with E-state index in [0.717, 1.165) is 14.7 Å². The first kappa shape index (κ1) is 20.6. The van der Waals surface area contributed by atoms with Crippen molar-refractivity contribution in [3.05, 3.63) is 57.2 Å². The van der Waals surface area contributed by atoms with Crippen LogP contribution in [0, 0.1) is 27.2 Å². The first-order chi connectivity index (χ1) is 13.1. The van der Waals surface area contributed by atoms with Gasteiger partial charge in [0.05, 0.1) is 13.2 Å². The number of nitriles is 1. The predicted octanol–water partition coefficient (Wildman–Crippen LogP) is 3.63. The zero-order valence-corrected chi connectivity index (χ0v) is 17.0. The van der Waals surface area contributed by atoms with Crippen LogP contribution in [0.3, 0.4) is 0 Å². The fourth-order valence-electron chi connectivity index (χ4n) is 2.44. The molecule has 1 unspecified atom stereocenters. The summed E-state index contributed by atoms with van der Waals surface area (Å²) >= 11 is 2.19. The summed E-state index contributed by atoms with van der Waals surface area (Å²) in [7, 11) is 1.55. The van der Waals surface area contributed by atoms with Crippen molar-refractivity contribution in [2.24, 2.45) is 0 Å². The Morgan fingerprint density at radius 1 is 1.26 bits per heavy atom. The lowest BCUT2D eigenvalue weighted by molar-refractivity contribution is -0.121. The molecule has 5 nitrogen and oxygen atoms in total. The quantitative estimate of drug-likeness (QED) is 0.469. The van der Waals surface area contributed by atoms with Crippen molar-refractivity contribution in [1.29, 1.82) is 5.26 Å². The van der Waals surface area contributed by atoms with Gasteiger partial charge >= 0.3 is 0 Å². The van der Waals surface area contributed by atoms with Gasteiger partial charge in [-0.1, -0.05) is 24.1 Å². The van der Waals surface area contributed by atoms with Gasteiger partial charge in [0.1, 0.15) is 12.6 Å². The molecule has 1 N–H and O–H groups in total. The highest BCUT2D eigenvalue weighted by Gasteiger charge is 2.14. The van der Waals surface area contributed by atoms with Gasteiger partial charge in [-0.25, -0.2) is 0 Å². The largest absolute Gasteiger partial charge is 0.493 e. The third kappa shape index (κ3) is 6.19. The number of nitrogens with zero attached hydrogens (tertiary/aromatic N) is 1. The molecule has 0 aliphatic heterocycles. The summed E-state index contributed by atoms with van der Waals surface area (Å²) in [5.41, 5.74) is 1.70. The SMILES string of the molecule is C#CCOc1ccc(CCC(=O)NC(C#N)c2ccc(I)cc2)cc1OC. The van der Waals surface area contributed by atoms with Crippen LogP contribution in [-0.4, -0.2) is 19.6 Å². The van der Waals surface area contributed by atoms with Gasteiger partial charge in [-0.2, -0.15) is 5.26 Å². The molecule has 27 heavy (non-hydrogen) atoms. The molecule has 0 bridgehead atoms. The van der Waals surface area contributed by atoms with E-state index >= 15 is 0 Å². The number of halogens is 1. The molecule has 1 amide bonds. The van der Waals surface area contributed by atoms with E-state index in [1.165, 1.54) is 0 Å². The lowest BCUT2D eigenvalue weighted by Gasteiger charge is -2.13. The zero-order valence-electron chi connectivity index (χ0n) is 14.9. The molecule has 2 aromatic rings. The van der Waals surface area contributed by atoms with Crippen molar-refractivity contribution < 1.29 is 14.3 Å². The van der Waals surface area contributed by atoms with E-state index in [-0.39, 0.29) is 18.9 Å². The summed E-state index contributed by atoms with van der Waals surface area (Å²) in [6, 6.07) is 14.4. The minimum Gasteiger partial charge on any atom is -0.493 e. The van der Waals surface area contributed by atoms with E-state index in [4.69, 9.17) is 15.9 Å². The van der Waals surface area contributed by atoms with E-state index < -0.39 is 6.04 Å². The molecule has 0 heterocycles. The van der Waals surface area contributed by atoms with Crippen LogP contribution < -0.4 is 14.8 Å². The molecule has 2 aromatic carbocycles. The van der Waals surface area contributed by atoms with Crippen LogP contribution in [0.15, 0.2) is 42.5 Å². The van der Waals surface area contributed by atoms with Gasteiger partial charge in [-0.15, -0.1) is 6.42 Å². The topological polar surface area (TPSA) is 71.3 Å². The maximum atomic E-state index is 12.2. The number of carbonyl (C=O) groups excluding carboxylic acids is 1. The van der Waals surface area contributed by atoms with Gasteiger partial charge in [-0.05, 0) is 64.4 Å². The van der Waals surface area contributed by atoms with Gasteiger partial charge in [0.25, 0.3) is 0 Å². The molecule has 0 spiro atoms. The molecular weight excluding hydrogens is 455 g/mol. The van der Waals surface area contributed by atoms with Gasteiger partial charge in [-0.3, -0.25) is 4.79 Å². The Bertz CT molecular complexity index is 866. The van der Waals surface area contributed by atoms with Gasteiger partial charge in [0.2, 0.25) is 5.91 Å². The Morgan fingerprint density at radius 2 is 2.00 bits per heavy atom. The number of hydrogen-bond donors (Lipinski definition) is 1. The summed E-state index contributed by atoms with van der Waals surface area (Å²) in [6.45, 7) is 0.159. The molecule has 0 aliphatic rings. The van der Waals surface area contributed by atoms with E-state index in [1.54, 1.807) is 13.2 Å². The number of nitrogens with one attached hydrogen (secondary N) is 1. The monoisotopic (exact) mass is 474 g/mol. The number of amides is 1. The summed E-state index contributed by atoms with van der Waals surface area (Å²) < 4.78 is 11.8. The molecule has 0 aliphatic carbocycles. The highest BCUT2D eigenvalue weighted by atomic mass is 127. The average molecular weight is 474 g/mol. The maximum absolute atomic E-state index is 12.2. The summed E-state index contributed by atoms with van der Waals surface area (Å²) in [5, 5.41) is 12.1. The Balaban J connectivity index is 1.95. The minimum atomic E-state index is -0.663. The molecule has 0 saturated heterocycles. The minimum absolute atomic E-state index is 0.159. The van der Waals surface area contributed by atoms with Crippen molar-refractivity contribution in [3.63, 3.8) is 0 Å². The van der Waals surface area contributed by atoms with E-state index in [9.17, 15) is 10.1 Å². The third-order valence-electron chi connectivity index (χ3n) is 3.82. The van der Waals surface area contributed by atoms with E-state index in [2.05, 4.69) is 39.9 Å². The first-order valence-electron chi connectivity index (χ1n) is 8.25. The molecular formula is C21H19IN2O3. The van der Waals surface area contributed by atoms with Crippen molar-refractivity contribution in [1.82, 2.24) is 5.32 Å². The summed E-state index contributed by atoms with van der Waals surface area (Å²) in [5.74, 6) is 3.35. The number of hydrogen-bond acceptors (Lipinski definition) is 4. The number of benzene rings is 2. The first-order valence-corrected chi connectivity index (χ1v) is 9.33. The second kappa shape index (κ2) is 10.4. The molecule has 1 atom stereocenters. The van der Waals surface area contributed by atoms with Crippen LogP contribution in [0.25, 0.3) is 0 Å². The van der Waals surface area contributed by atoms with Gasteiger partial charge in [0, 0.05) is 9.99 Å². The van der Waals surface area contributed by atoms with Gasteiger partial charge in [0.15, 0.2) is 11.5 Å². The molecule has 0 radical (unpaired) electrons. The maximum Gasteiger partial charge on any atom is 0.221 e. The lowest BCUT2D eigenvalue weighted by atomic mass is 10.1. The zero-order chi connectivity index (χ0) is 19.6. The lowest BCUT2D eigenvalue weighted by Crippen LogP contribution is -2.27. The highest BCUT2D eigenvalue weighted by molar-refractivity contribution is 14.1. The molecule has 6 heteroatoms. The second-order valence-corrected chi connectivity index (χ2v) is 6.90. The third-order valence-corrected chi connectivity index (χ3v) is 4.54. The fourth-order valence-corrected chi connectivity index (χ4v) is 2.80. The molecule has 138 valence electrons.